The van der Waals surface area contributed by atoms with E-state index in [0.717, 1.165) is 0 Å². The first kappa shape index (κ1) is 24.8. The van der Waals surface area contributed by atoms with Gasteiger partial charge in [-0.05, 0) is 93.3 Å². The topological polar surface area (TPSA) is 0 Å². The number of rotatable bonds is 3. The van der Waals surface area contributed by atoms with Gasteiger partial charge in [-0.2, -0.15) is 0 Å². The lowest BCUT2D eigenvalue weighted by molar-refractivity contribution is 1.64. The molecule has 0 unspecified atom stereocenters. The third-order valence-corrected chi connectivity index (χ3v) is 9.24. The summed E-state index contributed by atoms with van der Waals surface area (Å²) >= 11 is 0. The van der Waals surface area contributed by atoms with Gasteiger partial charge < -0.3 is 0 Å². The highest BCUT2D eigenvalue weighted by Crippen LogP contribution is 2.46. The minimum Gasteiger partial charge on any atom is -0.0622 e. The summed E-state index contributed by atoms with van der Waals surface area (Å²) in [5.74, 6) is 0. The van der Waals surface area contributed by atoms with Gasteiger partial charge in [0, 0.05) is 0 Å². The smallest absolute Gasteiger partial charge is 0.00201 e. The Morgan fingerprint density at radius 1 is 0.227 bits per heavy atom. The summed E-state index contributed by atoms with van der Waals surface area (Å²) in [5.41, 5.74) is 7.60. The Bertz CT molecular complexity index is 2480. The zero-order valence-electron chi connectivity index (χ0n) is 24.2. The molecule has 0 amide bonds. The van der Waals surface area contributed by atoms with Crippen LogP contribution in [0.25, 0.3) is 87.2 Å². The van der Waals surface area contributed by atoms with E-state index >= 15 is 0 Å². The normalized spacial score (nSPS) is 11.6. The van der Waals surface area contributed by atoms with Gasteiger partial charge in [0.25, 0.3) is 0 Å². The van der Waals surface area contributed by atoms with E-state index in [2.05, 4.69) is 170 Å². The van der Waals surface area contributed by atoms with Crippen molar-refractivity contribution in [3.63, 3.8) is 0 Å². The number of hydrogen-bond acceptors (Lipinski definition) is 0. The quantitative estimate of drug-likeness (QED) is 0.150. The molecular weight excluding hydrogens is 528 g/mol. The van der Waals surface area contributed by atoms with Crippen LogP contribution in [0.4, 0.5) is 0 Å². The van der Waals surface area contributed by atoms with Crippen LogP contribution in [0, 0.1) is 0 Å². The summed E-state index contributed by atoms with van der Waals surface area (Å²) in [6.45, 7) is 0. The first-order valence-electron chi connectivity index (χ1n) is 15.3. The van der Waals surface area contributed by atoms with Crippen LogP contribution >= 0.6 is 0 Å². The molecule has 0 heterocycles. The van der Waals surface area contributed by atoms with Gasteiger partial charge in [-0.25, -0.2) is 0 Å². The Balaban J connectivity index is 1.38. The lowest BCUT2D eigenvalue weighted by Crippen LogP contribution is -1.92. The molecule has 0 aliphatic carbocycles. The first-order chi connectivity index (χ1) is 21.8. The highest BCUT2D eigenvalue weighted by atomic mass is 14.2. The van der Waals surface area contributed by atoms with E-state index in [1.54, 1.807) is 0 Å². The molecule has 0 fully saturated rings. The minimum atomic E-state index is 1.24. The van der Waals surface area contributed by atoms with E-state index in [4.69, 9.17) is 0 Å². The fraction of sp³-hybridized carbons (Fsp3) is 0. The van der Waals surface area contributed by atoms with Gasteiger partial charge >= 0.3 is 0 Å². The molecule has 204 valence electrons. The second kappa shape index (κ2) is 9.93. The van der Waals surface area contributed by atoms with Crippen LogP contribution in [-0.4, -0.2) is 0 Å². The molecular formula is C44H28. The zero-order chi connectivity index (χ0) is 29.0. The van der Waals surface area contributed by atoms with Crippen molar-refractivity contribution >= 4 is 53.9 Å². The van der Waals surface area contributed by atoms with Crippen LogP contribution in [0.5, 0.6) is 0 Å². The average Bonchev–Trinajstić information content (AvgIpc) is 3.10. The van der Waals surface area contributed by atoms with Crippen molar-refractivity contribution in [3.8, 4) is 33.4 Å². The number of fused-ring (bicyclic) bond motifs is 6. The Labute approximate surface area is 256 Å². The van der Waals surface area contributed by atoms with Gasteiger partial charge in [-0.1, -0.05) is 164 Å². The molecule has 0 nitrogen and oxygen atoms in total. The summed E-state index contributed by atoms with van der Waals surface area (Å²) < 4.78 is 0. The summed E-state index contributed by atoms with van der Waals surface area (Å²) in [5, 5.41) is 12.8. The van der Waals surface area contributed by atoms with Crippen molar-refractivity contribution in [1.29, 1.82) is 0 Å². The second-order valence-electron chi connectivity index (χ2n) is 11.6. The molecule has 0 aliphatic rings. The summed E-state index contributed by atoms with van der Waals surface area (Å²) in [6.07, 6.45) is 0. The monoisotopic (exact) mass is 556 g/mol. The first-order valence-corrected chi connectivity index (χ1v) is 15.3. The standard InChI is InChI=1S/C44H28/c1-2-12-29(13-3-1)34-21-10-15-31-24-25-32(28-42(31)34)43-38-17-6-8-19-40(38)44(41-20-9-7-18-39(41)43)37-23-11-22-35-33-16-5-4-14-30(33)26-27-36(35)37/h1-28H. The van der Waals surface area contributed by atoms with Crippen LogP contribution in [0.2, 0.25) is 0 Å². The molecule has 0 atom stereocenters. The maximum atomic E-state index is 2.40. The second-order valence-corrected chi connectivity index (χ2v) is 11.6. The van der Waals surface area contributed by atoms with E-state index in [-0.39, 0.29) is 0 Å². The lowest BCUT2D eigenvalue weighted by Gasteiger charge is -2.19. The molecule has 0 bridgehead atoms. The Kier molecular flexibility index (Phi) is 5.61. The van der Waals surface area contributed by atoms with E-state index in [1.165, 1.54) is 87.2 Å². The minimum absolute atomic E-state index is 1.24. The third-order valence-electron chi connectivity index (χ3n) is 9.24. The molecule has 0 N–H and O–H groups in total. The molecule has 0 spiro atoms. The zero-order valence-corrected chi connectivity index (χ0v) is 24.2. The van der Waals surface area contributed by atoms with Crippen molar-refractivity contribution in [2.75, 3.05) is 0 Å². The Morgan fingerprint density at radius 3 is 1.50 bits per heavy atom. The molecule has 0 saturated carbocycles. The van der Waals surface area contributed by atoms with Crippen LogP contribution in [0.15, 0.2) is 170 Å². The fourth-order valence-electron chi connectivity index (χ4n) is 7.29. The predicted octanol–water partition coefficient (Wildman–Crippen LogP) is 12.5. The van der Waals surface area contributed by atoms with Gasteiger partial charge in [0.2, 0.25) is 0 Å². The van der Waals surface area contributed by atoms with Gasteiger partial charge in [0.1, 0.15) is 0 Å². The molecule has 44 heavy (non-hydrogen) atoms. The summed E-state index contributed by atoms with van der Waals surface area (Å²) in [7, 11) is 0. The highest BCUT2D eigenvalue weighted by molar-refractivity contribution is 6.25. The van der Waals surface area contributed by atoms with Crippen molar-refractivity contribution in [3.05, 3.63) is 170 Å². The van der Waals surface area contributed by atoms with E-state index in [9.17, 15) is 0 Å². The van der Waals surface area contributed by atoms with Gasteiger partial charge in [-0.3, -0.25) is 0 Å². The van der Waals surface area contributed by atoms with Crippen LogP contribution in [0.3, 0.4) is 0 Å². The highest BCUT2D eigenvalue weighted by Gasteiger charge is 2.18. The molecule has 0 aliphatic heterocycles. The van der Waals surface area contributed by atoms with E-state index in [0.29, 0.717) is 0 Å². The molecule has 9 aromatic rings. The Morgan fingerprint density at radius 2 is 0.750 bits per heavy atom. The largest absolute Gasteiger partial charge is 0.0622 e. The fourth-order valence-corrected chi connectivity index (χ4v) is 7.29. The summed E-state index contributed by atoms with van der Waals surface area (Å²) in [4.78, 5) is 0. The molecule has 9 rings (SSSR count). The lowest BCUT2D eigenvalue weighted by atomic mass is 9.84. The van der Waals surface area contributed by atoms with Crippen molar-refractivity contribution in [2.24, 2.45) is 0 Å². The molecule has 0 heteroatoms. The molecule has 0 saturated heterocycles. The molecule has 0 radical (unpaired) electrons. The van der Waals surface area contributed by atoms with Gasteiger partial charge in [0.15, 0.2) is 0 Å². The maximum absolute atomic E-state index is 2.40. The van der Waals surface area contributed by atoms with Crippen LogP contribution in [-0.2, 0) is 0 Å². The predicted molar refractivity (Wildman–Crippen MR) is 190 cm³/mol. The van der Waals surface area contributed by atoms with E-state index in [1.807, 2.05) is 0 Å². The van der Waals surface area contributed by atoms with Crippen molar-refractivity contribution in [2.45, 2.75) is 0 Å². The van der Waals surface area contributed by atoms with Gasteiger partial charge in [0.05, 0.1) is 0 Å². The molecule has 9 aromatic carbocycles. The Hall–Kier alpha value is -5.72. The molecule has 0 aromatic heterocycles. The number of benzene rings is 9. The SMILES string of the molecule is c1ccc(-c2cccc3ccc(-c4c5ccccc5c(-c5cccc6c5ccc5ccccc56)c5ccccc45)cc23)cc1. The van der Waals surface area contributed by atoms with Crippen molar-refractivity contribution < 1.29 is 0 Å². The average molecular weight is 557 g/mol. The van der Waals surface area contributed by atoms with Crippen LogP contribution in [0.1, 0.15) is 0 Å². The summed E-state index contributed by atoms with van der Waals surface area (Å²) in [6, 6.07) is 62.3. The third kappa shape index (κ3) is 3.78. The number of hydrogen-bond donors (Lipinski definition) is 0. The van der Waals surface area contributed by atoms with Crippen molar-refractivity contribution in [1.82, 2.24) is 0 Å². The van der Waals surface area contributed by atoms with E-state index < -0.39 is 0 Å². The van der Waals surface area contributed by atoms with Crippen LogP contribution < -0.4 is 0 Å². The van der Waals surface area contributed by atoms with Gasteiger partial charge in [-0.15, -0.1) is 0 Å². The maximum Gasteiger partial charge on any atom is -0.00201 e.